The first-order valence-corrected chi connectivity index (χ1v) is 10.2. The number of carbonyl (C=O) groups excluding carboxylic acids is 1. The first-order valence-electron chi connectivity index (χ1n) is 8.57. The van der Waals surface area contributed by atoms with Crippen molar-refractivity contribution in [1.29, 1.82) is 0 Å². The van der Waals surface area contributed by atoms with Crippen LogP contribution in [0, 0.1) is 0 Å². The van der Waals surface area contributed by atoms with Crippen LogP contribution < -0.4 is 0 Å². The molecule has 1 heterocycles. The molecule has 5 heteroatoms. The normalized spacial score (nSPS) is 13.8. The van der Waals surface area contributed by atoms with Crippen LogP contribution >= 0.6 is 23.4 Å². The Labute approximate surface area is 161 Å². The van der Waals surface area contributed by atoms with Crippen molar-refractivity contribution in [1.82, 2.24) is 5.16 Å². The van der Waals surface area contributed by atoms with E-state index in [1.54, 1.807) is 24.0 Å². The lowest BCUT2D eigenvalue weighted by Gasteiger charge is -2.12. The summed E-state index contributed by atoms with van der Waals surface area (Å²) >= 11 is 7.93. The van der Waals surface area contributed by atoms with Crippen molar-refractivity contribution in [3.63, 3.8) is 0 Å². The van der Waals surface area contributed by atoms with Crippen LogP contribution in [0.25, 0.3) is 0 Å². The van der Waals surface area contributed by atoms with E-state index in [4.69, 9.17) is 16.1 Å². The van der Waals surface area contributed by atoms with Crippen LogP contribution in [0.1, 0.15) is 51.6 Å². The Morgan fingerprint density at radius 2 is 2.00 bits per heavy atom. The van der Waals surface area contributed by atoms with Gasteiger partial charge < -0.3 is 4.52 Å². The summed E-state index contributed by atoms with van der Waals surface area (Å²) in [4.78, 5) is 14.4. The smallest absolute Gasteiger partial charge is 0.198 e. The molecule has 0 amide bonds. The topological polar surface area (TPSA) is 43.1 Å². The number of thioether (sulfide) groups is 1. The zero-order valence-electron chi connectivity index (χ0n) is 14.4. The maximum atomic E-state index is 13.2. The Bertz CT molecular complexity index is 962. The summed E-state index contributed by atoms with van der Waals surface area (Å²) in [5.41, 5.74) is 3.35. The van der Waals surface area contributed by atoms with Gasteiger partial charge in [-0.3, -0.25) is 4.79 Å². The summed E-state index contributed by atoms with van der Waals surface area (Å²) in [6.45, 7) is 0. The lowest BCUT2D eigenvalue weighted by Crippen LogP contribution is -2.07. The minimum Gasteiger partial charge on any atom is -0.360 e. The number of ketones is 1. The van der Waals surface area contributed by atoms with Crippen molar-refractivity contribution in [2.45, 2.75) is 30.1 Å². The van der Waals surface area contributed by atoms with E-state index in [0.717, 1.165) is 24.2 Å². The predicted octanol–water partition coefficient (Wildman–Crippen LogP) is 5.75. The van der Waals surface area contributed by atoms with E-state index in [0.29, 0.717) is 28.5 Å². The highest BCUT2D eigenvalue weighted by atomic mass is 35.5. The first-order chi connectivity index (χ1) is 12.7. The molecule has 0 unspecified atom stereocenters. The maximum absolute atomic E-state index is 13.2. The molecule has 0 spiro atoms. The number of hydrogen-bond donors (Lipinski definition) is 0. The van der Waals surface area contributed by atoms with Gasteiger partial charge in [0, 0.05) is 21.4 Å². The van der Waals surface area contributed by atoms with Gasteiger partial charge in [0.05, 0.1) is 11.8 Å². The Kier molecular flexibility index (Phi) is 4.88. The van der Waals surface area contributed by atoms with Gasteiger partial charge in [-0.2, -0.15) is 0 Å². The monoisotopic (exact) mass is 383 g/mol. The van der Waals surface area contributed by atoms with Gasteiger partial charge in [0.1, 0.15) is 0 Å². The highest BCUT2D eigenvalue weighted by Crippen LogP contribution is 2.42. The Balaban J connectivity index is 1.73. The number of aromatic nitrogens is 1. The molecular weight excluding hydrogens is 366 g/mol. The number of nitrogens with zero attached hydrogens (tertiary/aromatic N) is 1. The molecule has 4 rings (SSSR count). The zero-order chi connectivity index (χ0) is 18.1. The van der Waals surface area contributed by atoms with E-state index in [1.807, 2.05) is 24.3 Å². The molecule has 1 aliphatic carbocycles. The lowest BCUT2D eigenvalue weighted by atomic mass is 9.94. The fourth-order valence-electron chi connectivity index (χ4n) is 3.19. The molecule has 1 aromatic heterocycles. The van der Waals surface area contributed by atoms with Gasteiger partial charge in [-0.25, -0.2) is 0 Å². The summed E-state index contributed by atoms with van der Waals surface area (Å²) in [6, 6.07) is 13.7. The summed E-state index contributed by atoms with van der Waals surface area (Å²) in [6.07, 6.45) is 6.38. The van der Waals surface area contributed by atoms with Crippen LogP contribution in [0.4, 0.5) is 0 Å². The average molecular weight is 384 g/mol. The summed E-state index contributed by atoms with van der Waals surface area (Å²) in [5.74, 6) is 1.02. The molecule has 0 aliphatic heterocycles. The minimum atomic E-state index is -0.0403. The quantitative estimate of drug-likeness (QED) is 0.401. The average Bonchev–Trinajstić information content (AvgIpc) is 3.38. The van der Waals surface area contributed by atoms with E-state index in [-0.39, 0.29) is 5.78 Å². The fourth-order valence-corrected chi connectivity index (χ4v) is 4.00. The van der Waals surface area contributed by atoms with E-state index in [9.17, 15) is 4.79 Å². The number of carbonyl (C=O) groups is 1. The van der Waals surface area contributed by atoms with Crippen LogP contribution in [0.2, 0.25) is 5.02 Å². The largest absolute Gasteiger partial charge is 0.360 e. The molecule has 132 valence electrons. The molecule has 0 saturated heterocycles. The molecule has 3 aromatic rings. The second-order valence-electron chi connectivity index (χ2n) is 6.50. The van der Waals surface area contributed by atoms with Crippen molar-refractivity contribution in [2.24, 2.45) is 0 Å². The van der Waals surface area contributed by atoms with Gasteiger partial charge in [-0.1, -0.05) is 35.0 Å². The van der Waals surface area contributed by atoms with Gasteiger partial charge in [0.15, 0.2) is 11.5 Å². The van der Waals surface area contributed by atoms with E-state index in [1.165, 1.54) is 10.5 Å². The molecule has 0 atom stereocenters. The first kappa shape index (κ1) is 17.4. The lowest BCUT2D eigenvalue weighted by molar-refractivity contribution is 0.103. The number of hydrogen-bond acceptors (Lipinski definition) is 4. The van der Waals surface area contributed by atoms with Crippen molar-refractivity contribution in [2.75, 3.05) is 6.26 Å². The van der Waals surface area contributed by atoms with Gasteiger partial charge in [-0.15, -0.1) is 11.8 Å². The SMILES string of the molecule is CSc1ccccc1Cc1cc(Cl)ccc1C(=O)c1cnoc1C1CC1. The highest BCUT2D eigenvalue weighted by molar-refractivity contribution is 7.98. The Morgan fingerprint density at radius 3 is 2.77 bits per heavy atom. The third kappa shape index (κ3) is 3.44. The van der Waals surface area contributed by atoms with Gasteiger partial charge in [-0.05, 0) is 60.9 Å². The molecule has 1 aliphatic rings. The van der Waals surface area contributed by atoms with Crippen LogP contribution in [0.15, 0.2) is 58.1 Å². The van der Waals surface area contributed by atoms with Crippen molar-refractivity contribution in [3.05, 3.63) is 81.7 Å². The molecule has 0 N–H and O–H groups in total. The molecular formula is C21H18ClNO2S. The summed E-state index contributed by atoms with van der Waals surface area (Å²) < 4.78 is 5.35. The second-order valence-corrected chi connectivity index (χ2v) is 7.78. The number of rotatable bonds is 6. The Morgan fingerprint density at radius 1 is 1.19 bits per heavy atom. The van der Waals surface area contributed by atoms with Crippen molar-refractivity contribution >= 4 is 29.1 Å². The molecule has 0 bridgehead atoms. The van der Waals surface area contributed by atoms with Gasteiger partial charge in [0.2, 0.25) is 0 Å². The molecule has 1 fully saturated rings. The molecule has 2 aromatic carbocycles. The van der Waals surface area contributed by atoms with Gasteiger partial charge in [0.25, 0.3) is 0 Å². The third-order valence-electron chi connectivity index (χ3n) is 4.68. The molecule has 3 nitrogen and oxygen atoms in total. The van der Waals surface area contributed by atoms with Crippen LogP contribution in [0.5, 0.6) is 0 Å². The molecule has 26 heavy (non-hydrogen) atoms. The zero-order valence-corrected chi connectivity index (χ0v) is 15.9. The van der Waals surface area contributed by atoms with Crippen LogP contribution in [-0.4, -0.2) is 17.2 Å². The summed E-state index contributed by atoms with van der Waals surface area (Å²) in [7, 11) is 0. The number of benzene rings is 2. The standard InChI is InChI=1S/C21H18ClNO2S/c1-26-19-5-3-2-4-14(19)10-15-11-16(22)8-9-17(15)20(24)18-12-23-25-21(18)13-6-7-13/h2-5,8-9,11-13H,6-7,10H2,1H3. The van der Waals surface area contributed by atoms with Crippen molar-refractivity contribution < 1.29 is 9.32 Å². The Hall–Kier alpha value is -2.04. The third-order valence-corrected chi connectivity index (χ3v) is 5.75. The molecule has 0 radical (unpaired) electrons. The fraction of sp³-hybridized carbons (Fsp3) is 0.238. The van der Waals surface area contributed by atoms with E-state index >= 15 is 0 Å². The maximum Gasteiger partial charge on any atom is 0.198 e. The van der Waals surface area contributed by atoms with Crippen molar-refractivity contribution in [3.8, 4) is 0 Å². The van der Waals surface area contributed by atoms with Crippen LogP contribution in [0.3, 0.4) is 0 Å². The van der Waals surface area contributed by atoms with Crippen LogP contribution in [-0.2, 0) is 6.42 Å². The van der Waals surface area contributed by atoms with E-state index < -0.39 is 0 Å². The predicted molar refractivity (Wildman–Crippen MR) is 104 cm³/mol. The van der Waals surface area contributed by atoms with E-state index in [2.05, 4.69) is 23.5 Å². The highest BCUT2D eigenvalue weighted by Gasteiger charge is 2.33. The number of halogens is 1. The minimum absolute atomic E-state index is 0.0403. The summed E-state index contributed by atoms with van der Waals surface area (Å²) in [5, 5.41) is 4.49. The second kappa shape index (κ2) is 7.29. The van der Waals surface area contributed by atoms with Gasteiger partial charge >= 0.3 is 0 Å². The molecule has 1 saturated carbocycles.